The minimum absolute atomic E-state index is 0.266. The lowest BCUT2D eigenvalue weighted by atomic mass is 10.1. The van der Waals surface area contributed by atoms with Crippen LogP contribution in [0.1, 0.15) is 26.3 Å². The summed E-state index contributed by atoms with van der Waals surface area (Å²) < 4.78 is 4.66. The standard InChI is InChI=1S/C15H13ClN2O3/c1-9-3-4-10(15(20)21-2)7-13(9)18-14(19)11-8-17-6-5-12(11)16/h3-8H,1-2H3,(H,18,19). The van der Waals surface area contributed by atoms with Crippen LogP contribution in [0.4, 0.5) is 5.69 Å². The number of rotatable bonds is 3. The van der Waals surface area contributed by atoms with E-state index in [2.05, 4.69) is 15.0 Å². The Balaban J connectivity index is 2.29. The molecule has 0 unspecified atom stereocenters. The van der Waals surface area contributed by atoms with E-state index in [1.807, 2.05) is 6.92 Å². The van der Waals surface area contributed by atoms with E-state index in [9.17, 15) is 9.59 Å². The van der Waals surface area contributed by atoms with E-state index in [0.717, 1.165) is 5.56 Å². The van der Waals surface area contributed by atoms with Gasteiger partial charge in [0.2, 0.25) is 0 Å². The SMILES string of the molecule is COC(=O)c1ccc(C)c(NC(=O)c2cnccc2Cl)c1. The summed E-state index contributed by atoms with van der Waals surface area (Å²) in [6, 6.07) is 6.46. The summed E-state index contributed by atoms with van der Waals surface area (Å²) >= 11 is 5.95. The molecule has 1 amide bonds. The van der Waals surface area contributed by atoms with E-state index in [1.54, 1.807) is 18.2 Å². The number of anilines is 1. The van der Waals surface area contributed by atoms with Crippen LogP contribution in [0.2, 0.25) is 5.02 Å². The number of carbonyl (C=O) groups excluding carboxylic acids is 2. The Hall–Kier alpha value is -2.40. The molecule has 0 spiro atoms. The summed E-state index contributed by atoms with van der Waals surface area (Å²) in [6.45, 7) is 1.82. The molecule has 1 N–H and O–H groups in total. The summed E-state index contributed by atoms with van der Waals surface area (Å²) in [5.74, 6) is -0.858. The third-order valence-electron chi connectivity index (χ3n) is 2.92. The van der Waals surface area contributed by atoms with E-state index in [-0.39, 0.29) is 5.56 Å². The predicted octanol–water partition coefficient (Wildman–Crippen LogP) is 3.08. The molecule has 0 atom stereocenters. The van der Waals surface area contributed by atoms with Gasteiger partial charge in [-0.25, -0.2) is 4.79 Å². The molecule has 21 heavy (non-hydrogen) atoms. The molecule has 1 heterocycles. The maximum absolute atomic E-state index is 12.2. The largest absolute Gasteiger partial charge is 0.465 e. The van der Waals surface area contributed by atoms with Gasteiger partial charge in [-0.3, -0.25) is 9.78 Å². The van der Waals surface area contributed by atoms with Gasteiger partial charge < -0.3 is 10.1 Å². The van der Waals surface area contributed by atoms with Gasteiger partial charge in [-0.1, -0.05) is 17.7 Å². The van der Waals surface area contributed by atoms with Crippen molar-refractivity contribution in [3.05, 3.63) is 58.4 Å². The van der Waals surface area contributed by atoms with E-state index < -0.39 is 11.9 Å². The van der Waals surface area contributed by atoms with Crippen molar-refractivity contribution in [2.75, 3.05) is 12.4 Å². The van der Waals surface area contributed by atoms with Gasteiger partial charge in [0.25, 0.3) is 5.91 Å². The van der Waals surface area contributed by atoms with Crippen molar-refractivity contribution in [1.82, 2.24) is 4.98 Å². The van der Waals surface area contributed by atoms with Crippen molar-refractivity contribution >= 4 is 29.2 Å². The van der Waals surface area contributed by atoms with Crippen molar-refractivity contribution in [3.63, 3.8) is 0 Å². The fraction of sp³-hybridized carbons (Fsp3) is 0.133. The number of hydrogen-bond acceptors (Lipinski definition) is 4. The van der Waals surface area contributed by atoms with E-state index in [0.29, 0.717) is 16.3 Å². The summed E-state index contributed by atoms with van der Waals surface area (Å²) in [5.41, 5.74) is 1.96. The van der Waals surface area contributed by atoms with Crippen LogP contribution in [0.3, 0.4) is 0 Å². The molecule has 0 saturated heterocycles. The smallest absolute Gasteiger partial charge is 0.337 e. The van der Waals surface area contributed by atoms with Crippen molar-refractivity contribution in [3.8, 4) is 0 Å². The lowest BCUT2D eigenvalue weighted by molar-refractivity contribution is 0.0600. The number of amides is 1. The number of aryl methyl sites for hydroxylation is 1. The molecule has 2 aromatic rings. The number of carbonyl (C=O) groups is 2. The molecule has 0 bridgehead atoms. The average Bonchev–Trinajstić information content (AvgIpc) is 2.49. The molecule has 5 nitrogen and oxygen atoms in total. The van der Waals surface area contributed by atoms with Crippen LogP contribution in [-0.4, -0.2) is 24.0 Å². The Bertz CT molecular complexity index is 701. The number of aromatic nitrogens is 1. The number of halogens is 1. The molecule has 0 radical (unpaired) electrons. The number of ether oxygens (including phenoxy) is 1. The maximum Gasteiger partial charge on any atom is 0.337 e. The number of benzene rings is 1. The molecular formula is C15H13ClN2O3. The fourth-order valence-corrected chi connectivity index (χ4v) is 1.93. The highest BCUT2D eigenvalue weighted by atomic mass is 35.5. The molecule has 1 aromatic carbocycles. The minimum Gasteiger partial charge on any atom is -0.465 e. The Morgan fingerprint density at radius 1 is 1.29 bits per heavy atom. The van der Waals surface area contributed by atoms with Crippen LogP contribution < -0.4 is 5.32 Å². The first kappa shape index (κ1) is 15.0. The summed E-state index contributed by atoms with van der Waals surface area (Å²) in [7, 11) is 1.30. The van der Waals surface area contributed by atoms with Crippen LogP contribution in [0.15, 0.2) is 36.7 Å². The lowest BCUT2D eigenvalue weighted by Gasteiger charge is -2.10. The zero-order valence-corrected chi connectivity index (χ0v) is 12.3. The second kappa shape index (κ2) is 6.37. The number of esters is 1. The average molecular weight is 305 g/mol. The number of pyridine rings is 1. The van der Waals surface area contributed by atoms with Gasteiger partial charge in [0.1, 0.15) is 0 Å². The third-order valence-corrected chi connectivity index (χ3v) is 3.25. The Morgan fingerprint density at radius 2 is 2.05 bits per heavy atom. The molecule has 0 aliphatic carbocycles. The van der Waals surface area contributed by atoms with Crippen LogP contribution in [0, 0.1) is 6.92 Å². The molecule has 1 aromatic heterocycles. The first-order chi connectivity index (χ1) is 10.0. The molecule has 108 valence electrons. The van der Waals surface area contributed by atoms with Crippen molar-refractivity contribution < 1.29 is 14.3 Å². The van der Waals surface area contributed by atoms with E-state index >= 15 is 0 Å². The predicted molar refractivity (Wildman–Crippen MR) is 79.7 cm³/mol. The lowest BCUT2D eigenvalue weighted by Crippen LogP contribution is -2.14. The maximum atomic E-state index is 12.2. The minimum atomic E-state index is -0.468. The topological polar surface area (TPSA) is 68.3 Å². The van der Waals surface area contributed by atoms with Crippen LogP contribution in [0.5, 0.6) is 0 Å². The Morgan fingerprint density at radius 3 is 2.71 bits per heavy atom. The zero-order valence-electron chi connectivity index (χ0n) is 11.5. The second-order valence-electron chi connectivity index (χ2n) is 4.33. The van der Waals surface area contributed by atoms with Gasteiger partial charge in [-0.05, 0) is 30.7 Å². The van der Waals surface area contributed by atoms with Gasteiger partial charge >= 0.3 is 5.97 Å². The van der Waals surface area contributed by atoms with Gasteiger partial charge in [0.05, 0.1) is 23.3 Å². The van der Waals surface area contributed by atoms with Crippen molar-refractivity contribution in [2.24, 2.45) is 0 Å². The number of nitrogens with one attached hydrogen (secondary N) is 1. The van der Waals surface area contributed by atoms with E-state index in [1.165, 1.54) is 25.6 Å². The third kappa shape index (κ3) is 3.38. The summed E-state index contributed by atoms with van der Waals surface area (Å²) in [5, 5.41) is 3.03. The molecule has 6 heteroatoms. The quantitative estimate of drug-likeness (QED) is 0.885. The van der Waals surface area contributed by atoms with E-state index in [4.69, 9.17) is 11.6 Å². The number of nitrogens with zero attached hydrogens (tertiary/aromatic N) is 1. The normalized spacial score (nSPS) is 10.0. The monoisotopic (exact) mass is 304 g/mol. The number of methoxy groups -OCH3 is 1. The van der Waals surface area contributed by atoms with Gasteiger partial charge in [0, 0.05) is 18.1 Å². The first-order valence-electron chi connectivity index (χ1n) is 6.12. The van der Waals surface area contributed by atoms with Crippen molar-refractivity contribution in [2.45, 2.75) is 6.92 Å². The second-order valence-corrected chi connectivity index (χ2v) is 4.74. The molecular weight excluding hydrogens is 292 g/mol. The van der Waals surface area contributed by atoms with Gasteiger partial charge in [0.15, 0.2) is 0 Å². The van der Waals surface area contributed by atoms with Gasteiger partial charge in [-0.2, -0.15) is 0 Å². The van der Waals surface area contributed by atoms with Gasteiger partial charge in [-0.15, -0.1) is 0 Å². The summed E-state index contributed by atoms with van der Waals surface area (Å²) in [4.78, 5) is 27.6. The molecule has 0 fully saturated rings. The first-order valence-corrected chi connectivity index (χ1v) is 6.50. The Kier molecular flexibility index (Phi) is 4.55. The highest BCUT2D eigenvalue weighted by Crippen LogP contribution is 2.20. The molecule has 0 saturated carbocycles. The van der Waals surface area contributed by atoms with Crippen LogP contribution in [0.25, 0.3) is 0 Å². The Labute approximate surface area is 126 Å². The summed E-state index contributed by atoms with van der Waals surface area (Å²) in [6.07, 6.45) is 2.89. The zero-order chi connectivity index (χ0) is 15.4. The number of hydrogen-bond donors (Lipinski definition) is 1. The highest BCUT2D eigenvalue weighted by Gasteiger charge is 2.13. The van der Waals surface area contributed by atoms with Crippen LogP contribution >= 0.6 is 11.6 Å². The van der Waals surface area contributed by atoms with Crippen molar-refractivity contribution in [1.29, 1.82) is 0 Å². The molecule has 0 aliphatic rings. The highest BCUT2D eigenvalue weighted by molar-refractivity contribution is 6.34. The van der Waals surface area contributed by atoms with Crippen LogP contribution in [-0.2, 0) is 4.74 Å². The molecule has 0 aliphatic heterocycles. The fourth-order valence-electron chi connectivity index (χ4n) is 1.74. The molecule has 2 rings (SSSR count).